The highest BCUT2D eigenvalue weighted by Gasteiger charge is 2.16. The van der Waals surface area contributed by atoms with E-state index < -0.39 is 0 Å². The van der Waals surface area contributed by atoms with E-state index in [1.54, 1.807) is 0 Å². The van der Waals surface area contributed by atoms with Gasteiger partial charge in [-0.3, -0.25) is 0 Å². The van der Waals surface area contributed by atoms with Crippen LogP contribution in [-0.2, 0) is 0 Å². The summed E-state index contributed by atoms with van der Waals surface area (Å²) in [6.45, 7) is 0. The highest BCUT2D eigenvalue weighted by atomic mass is 15.1. The van der Waals surface area contributed by atoms with Gasteiger partial charge in [0.05, 0.1) is 0 Å². The maximum atomic E-state index is 2.31. The second-order valence-electron chi connectivity index (χ2n) is 22.5. The van der Waals surface area contributed by atoms with Crippen molar-refractivity contribution in [2.45, 2.75) is 0 Å². The summed E-state index contributed by atoms with van der Waals surface area (Å²) < 4.78 is 0. The van der Waals surface area contributed by atoms with Crippen LogP contribution in [0.1, 0.15) is 77.9 Å². The standard InChI is InChI=1S/C90H68N2/c1-9-29-75(30-10-1)87(76-31-11-2-12-32-76)65-71-51-61-85(62-52-71)91(67-89(79-37-17-5-18-38-79)80-39-19-6-20-40-80)83-57-47-69(48-58-83)45-55-73-27-25-26-28-74(73)56-46-70-49-59-84(60-50-70)92(68-90(81-41-21-7-22-42-81)82-43-23-8-24-44-82)86-63-53-72(54-64-86)66-88(77-33-13-3-14-34-77)78-35-15-4-16-36-78/h1-68H/b55-45+,56-46+. The number of hydrogen-bond donors (Lipinski definition) is 0. The van der Waals surface area contributed by atoms with E-state index in [2.05, 4.69) is 423 Å². The maximum Gasteiger partial charge on any atom is 0.0456 e. The van der Waals surface area contributed by atoms with Crippen molar-refractivity contribution in [2.75, 3.05) is 9.80 Å². The third-order valence-corrected chi connectivity index (χ3v) is 16.4. The van der Waals surface area contributed by atoms with Gasteiger partial charge in [0.1, 0.15) is 0 Å². The van der Waals surface area contributed by atoms with Crippen molar-refractivity contribution in [2.24, 2.45) is 0 Å². The number of nitrogens with zero attached hydrogens (tertiary/aromatic N) is 2. The van der Waals surface area contributed by atoms with E-state index in [-0.39, 0.29) is 0 Å². The van der Waals surface area contributed by atoms with Crippen LogP contribution in [0, 0.1) is 0 Å². The van der Waals surface area contributed by atoms with Crippen LogP contribution in [0.5, 0.6) is 0 Å². The molecule has 92 heavy (non-hydrogen) atoms. The Balaban J connectivity index is 0.783. The van der Waals surface area contributed by atoms with Crippen molar-refractivity contribution in [3.8, 4) is 0 Å². The minimum atomic E-state index is 1.05. The molecule has 13 rings (SSSR count). The molecule has 0 aliphatic heterocycles. The first-order valence-electron chi connectivity index (χ1n) is 31.4. The molecule has 0 aromatic heterocycles. The summed E-state index contributed by atoms with van der Waals surface area (Å²) in [5.74, 6) is 0. The zero-order valence-electron chi connectivity index (χ0n) is 51.2. The van der Waals surface area contributed by atoms with Crippen LogP contribution in [0.15, 0.2) is 376 Å². The number of rotatable bonds is 20. The SMILES string of the molecule is C(=C(c1ccccc1)c1ccccc1)c1ccc(N(C=C(c2ccccc2)c2ccccc2)c2ccc(/C=C/c3ccccc3/C=C/c3ccc(N(C=C(c4ccccc4)c4ccccc4)c4ccc(C=C(c5ccccc5)c5ccccc5)cc4)cc3)cc2)cc1. The number of anilines is 4. The predicted octanol–water partition coefficient (Wildman–Crippen LogP) is 23.7. The molecule has 2 heteroatoms. The van der Waals surface area contributed by atoms with Gasteiger partial charge in [0.15, 0.2) is 0 Å². The van der Waals surface area contributed by atoms with Gasteiger partial charge < -0.3 is 9.80 Å². The number of benzene rings is 13. The molecule has 0 radical (unpaired) electrons. The van der Waals surface area contributed by atoms with Gasteiger partial charge in [0.2, 0.25) is 0 Å². The Kier molecular flexibility index (Phi) is 18.7. The van der Waals surface area contributed by atoms with Crippen LogP contribution in [-0.4, -0.2) is 0 Å². The van der Waals surface area contributed by atoms with E-state index >= 15 is 0 Å². The van der Waals surface area contributed by atoms with E-state index in [0.29, 0.717) is 0 Å². The molecule has 0 atom stereocenters. The maximum absolute atomic E-state index is 2.31. The zero-order chi connectivity index (χ0) is 61.9. The molecular weight excluding hydrogens is 1110 g/mol. The van der Waals surface area contributed by atoms with Gasteiger partial charge in [0, 0.05) is 46.3 Å². The lowest BCUT2D eigenvalue weighted by molar-refractivity contribution is 1.28. The average Bonchev–Trinajstić information content (AvgIpc) is 1.23. The van der Waals surface area contributed by atoms with E-state index in [1.807, 2.05) is 0 Å². The fourth-order valence-electron chi connectivity index (χ4n) is 11.6. The molecule has 0 spiro atoms. The largest absolute Gasteiger partial charge is 0.317 e. The second kappa shape index (κ2) is 29.3. The molecular formula is C90H68N2. The lowest BCUT2D eigenvalue weighted by Gasteiger charge is -2.24. The summed E-state index contributed by atoms with van der Waals surface area (Å²) >= 11 is 0. The Labute approximate surface area is 542 Å². The molecule has 0 unspecified atom stereocenters. The van der Waals surface area contributed by atoms with Crippen molar-refractivity contribution in [3.63, 3.8) is 0 Å². The van der Waals surface area contributed by atoms with E-state index in [9.17, 15) is 0 Å². The average molecular weight is 1180 g/mol. The fourth-order valence-corrected chi connectivity index (χ4v) is 11.6. The lowest BCUT2D eigenvalue weighted by atomic mass is 9.95. The highest BCUT2D eigenvalue weighted by Crippen LogP contribution is 2.36. The van der Waals surface area contributed by atoms with Crippen molar-refractivity contribution in [1.82, 2.24) is 0 Å². The summed E-state index contributed by atoms with van der Waals surface area (Å²) in [6.07, 6.45) is 18.0. The van der Waals surface area contributed by atoms with Crippen LogP contribution in [0.3, 0.4) is 0 Å². The molecule has 0 aliphatic carbocycles. The van der Waals surface area contributed by atoms with Gasteiger partial charge in [-0.2, -0.15) is 0 Å². The van der Waals surface area contributed by atoms with Gasteiger partial charge in [-0.15, -0.1) is 0 Å². The monoisotopic (exact) mass is 1180 g/mol. The molecule has 0 bridgehead atoms. The Morgan fingerprint density at radius 1 is 0.174 bits per heavy atom. The van der Waals surface area contributed by atoms with E-state index in [1.165, 1.54) is 33.4 Å². The van der Waals surface area contributed by atoms with Gasteiger partial charge in [-0.1, -0.05) is 340 Å². The van der Waals surface area contributed by atoms with Crippen LogP contribution < -0.4 is 9.80 Å². The van der Waals surface area contributed by atoms with Crippen molar-refractivity contribution >= 4 is 81.5 Å². The molecule has 0 heterocycles. The van der Waals surface area contributed by atoms with Crippen LogP contribution in [0.25, 0.3) is 58.7 Å². The van der Waals surface area contributed by atoms with Gasteiger partial charge in [0.25, 0.3) is 0 Å². The molecule has 13 aromatic carbocycles. The Bertz CT molecular complexity index is 4200. The first-order valence-corrected chi connectivity index (χ1v) is 31.4. The summed E-state index contributed by atoms with van der Waals surface area (Å²) in [6, 6.07) is 129. The topological polar surface area (TPSA) is 6.48 Å². The molecule has 2 nitrogen and oxygen atoms in total. The lowest BCUT2D eigenvalue weighted by Crippen LogP contribution is -2.10. The quantitative estimate of drug-likeness (QED) is 0.0702. The Morgan fingerprint density at radius 3 is 0.598 bits per heavy atom. The van der Waals surface area contributed by atoms with Gasteiger partial charge in [-0.05, 0) is 150 Å². The molecule has 0 N–H and O–H groups in total. The normalized spacial score (nSPS) is 11.0. The second-order valence-corrected chi connectivity index (χ2v) is 22.5. The summed E-state index contributed by atoms with van der Waals surface area (Å²) in [7, 11) is 0. The smallest absolute Gasteiger partial charge is 0.0456 e. The van der Waals surface area contributed by atoms with Crippen LogP contribution in [0.4, 0.5) is 22.7 Å². The minimum absolute atomic E-state index is 1.05. The summed E-state index contributed by atoms with van der Waals surface area (Å²) in [5, 5.41) is 0. The molecule has 0 aliphatic rings. The Morgan fingerprint density at radius 2 is 0.370 bits per heavy atom. The summed E-state index contributed by atoms with van der Waals surface area (Å²) in [5.41, 5.74) is 24.8. The third kappa shape index (κ3) is 14.7. The molecule has 0 fully saturated rings. The van der Waals surface area contributed by atoms with Gasteiger partial charge in [-0.25, -0.2) is 0 Å². The molecule has 13 aromatic rings. The third-order valence-electron chi connectivity index (χ3n) is 16.4. The molecule has 0 saturated heterocycles. The van der Waals surface area contributed by atoms with Crippen LogP contribution >= 0.6 is 0 Å². The first-order chi connectivity index (χ1) is 45.6. The minimum Gasteiger partial charge on any atom is -0.317 e. The van der Waals surface area contributed by atoms with E-state index in [0.717, 1.165) is 89.5 Å². The number of hydrogen-bond acceptors (Lipinski definition) is 2. The molecule has 0 saturated carbocycles. The predicted molar refractivity (Wildman–Crippen MR) is 394 cm³/mol. The van der Waals surface area contributed by atoms with Crippen molar-refractivity contribution in [1.29, 1.82) is 0 Å². The Hall–Kier alpha value is -12.1. The highest BCUT2D eigenvalue weighted by molar-refractivity contribution is 5.94. The molecule has 0 amide bonds. The van der Waals surface area contributed by atoms with E-state index in [4.69, 9.17) is 0 Å². The molecule has 438 valence electrons. The van der Waals surface area contributed by atoms with Crippen LogP contribution in [0.2, 0.25) is 0 Å². The zero-order valence-corrected chi connectivity index (χ0v) is 51.2. The summed E-state index contributed by atoms with van der Waals surface area (Å²) in [4.78, 5) is 4.62. The first kappa shape index (κ1) is 58.9. The fraction of sp³-hybridized carbons (Fsp3) is 0. The van der Waals surface area contributed by atoms with Gasteiger partial charge >= 0.3 is 0 Å². The van der Waals surface area contributed by atoms with Crippen molar-refractivity contribution < 1.29 is 0 Å². The van der Waals surface area contributed by atoms with Crippen molar-refractivity contribution in [3.05, 3.63) is 454 Å².